The molecular weight excluding hydrogens is 246 g/mol. The number of carbonyl (C=O) groups excluding carboxylic acids is 1. The molecule has 0 radical (unpaired) electrons. The molecule has 0 bridgehead atoms. The van der Waals surface area contributed by atoms with Crippen LogP contribution in [0.25, 0.3) is 0 Å². The predicted molar refractivity (Wildman–Crippen MR) is 75.8 cm³/mol. The van der Waals surface area contributed by atoms with Crippen LogP contribution in [0, 0.1) is 11.8 Å². The van der Waals surface area contributed by atoms with Gasteiger partial charge in [0.1, 0.15) is 5.78 Å². The monoisotopic (exact) mass is 271 g/mol. The number of Topliss-reactive ketones (excluding diaryl/α,β-unsaturated/α-hetero) is 1. The van der Waals surface area contributed by atoms with E-state index >= 15 is 0 Å². The summed E-state index contributed by atoms with van der Waals surface area (Å²) in [6.07, 6.45) is 4.88. The highest BCUT2D eigenvalue weighted by Gasteiger charge is 2.42. The van der Waals surface area contributed by atoms with Crippen LogP contribution >= 0.6 is 11.8 Å². The fraction of sp³-hybridized carbons (Fsp3) is 0.929. The molecule has 0 aromatic rings. The molecule has 0 aromatic heterocycles. The summed E-state index contributed by atoms with van der Waals surface area (Å²) < 4.78 is 5.97. The molecule has 2 N–H and O–H groups in total. The van der Waals surface area contributed by atoms with Gasteiger partial charge in [-0.05, 0) is 44.4 Å². The number of rotatable bonds is 5. The smallest absolute Gasteiger partial charge is 0.138 e. The molecule has 3 nitrogen and oxygen atoms in total. The second-order valence-electron chi connectivity index (χ2n) is 5.76. The highest BCUT2D eigenvalue weighted by atomic mass is 32.2. The van der Waals surface area contributed by atoms with Gasteiger partial charge in [0.2, 0.25) is 0 Å². The average Bonchev–Trinajstić information content (AvgIpc) is 2.83. The molecule has 3 atom stereocenters. The van der Waals surface area contributed by atoms with Crippen molar-refractivity contribution in [3.05, 3.63) is 0 Å². The van der Waals surface area contributed by atoms with Gasteiger partial charge < -0.3 is 10.5 Å². The van der Waals surface area contributed by atoms with E-state index in [1.54, 1.807) is 0 Å². The predicted octanol–water partition coefficient (Wildman–Crippen LogP) is 2.23. The first-order chi connectivity index (χ1) is 8.67. The molecule has 3 unspecified atom stereocenters. The second kappa shape index (κ2) is 6.40. The van der Waals surface area contributed by atoms with Gasteiger partial charge in [0, 0.05) is 24.2 Å². The number of hydrogen-bond donors (Lipinski definition) is 1. The first kappa shape index (κ1) is 14.4. The molecule has 4 heteroatoms. The molecule has 1 spiro atoms. The minimum Gasteiger partial charge on any atom is -0.374 e. The molecule has 2 fully saturated rings. The van der Waals surface area contributed by atoms with Gasteiger partial charge in [-0.1, -0.05) is 6.92 Å². The van der Waals surface area contributed by atoms with Crippen LogP contribution in [-0.4, -0.2) is 36.0 Å². The Hall–Kier alpha value is -0.0600. The third kappa shape index (κ3) is 3.28. The maximum atomic E-state index is 12.4. The first-order valence-corrected chi connectivity index (χ1v) is 8.28. The van der Waals surface area contributed by atoms with Crippen molar-refractivity contribution in [2.45, 2.75) is 44.6 Å². The van der Waals surface area contributed by atoms with E-state index in [2.05, 4.69) is 6.92 Å². The number of ether oxygens (including phenoxy) is 1. The number of ketones is 1. The summed E-state index contributed by atoms with van der Waals surface area (Å²) in [5.41, 5.74) is 5.54. The lowest BCUT2D eigenvalue weighted by Gasteiger charge is -2.37. The molecule has 0 aliphatic carbocycles. The van der Waals surface area contributed by atoms with Crippen LogP contribution in [0.15, 0.2) is 0 Å². The van der Waals surface area contributed by atoms with Gasteiger partial charge in [0.05, 0.1) is 5.60 Å². The summed E-state index contributed by atoms with van der Waals surface area (Å²) in [6.45, 7) is 3.51. The van der Waals surface area contributed by atoms with Gasteiger partial charge in [0.15, 0.2) is 0 Å². The fourth-order valence-corrected chi connectivity index (χ4v) is 4.48. The number of thioether (sulfide) groups is 1. The average molecular weight is 271 g/mol. The van der Waals surface area contributed by atoms with Crippen LogP contribution in [0.2, 0.25) is 0 Å². The standard InChI is InChI=1S/C14H25NO2S/c1-11(3-2-6-15)13(16)12-4-7-17-14(9-12)5-8-18-10-14/h11-12H,2-10,15H2,1H3. The second-order valence-corrected chi connectivity index (χ2v) is 6.86. The Morgan fingerprint density at radius 2 is 2.44 bits per heavy atom. The number of hydrogen-bond acceptors (Lipinski definition) is 4. The van der Waals surface area contributed by atoms with Crippen LogP contribution in [0.5, 0.6) is 0 Å². The quantitative estimate of drug-likeness (QED) is 0.833. The van der Waals surface area contributed by atoms with Crippen molar-refractivity contribution in [1.29, 1.82) is 0 Å². The van der Waals surface area contributed by atoms with E-state index < -0.39 is 0 Å². The lowest BCUT2D eigenvalue weighted by Crippen LogP contribution is -2.43. The lowest BCUT2D eigenvalue weighted by molar-refractivity contribution is -0.137. The number of nitrogens with two attached hydrogens (primary N) is 1. The van der Waals surface area contributed by atoms with Crippen molar-refractivity contribution in [2.24, 2.45) is 17.6 Å². The Bertz CT molecular complexity index is 290. The lowest BCUT2D eigenvalue weighted by atomic mass is 9.79. The topological polar surface area (TPSA) is 52.3 Å². The maximum Gasteiger partial charge on any atom is 0.138 e. The highest BCUT2D eigenvalue weighted by molar-refractivity contribution is 7.99. The van der Waals surface area contributed by atoms with Crippen molar-refractivity contribution in [3.8, 4) is 0 Å². The number of carbonyl (C=O) groups is 1. The van der Waals surface area contributed by atoms with Crippen LogP contribution in [0.3, 0.4) is 0 Å². The first-order valence-electron chi connectivity index (χ1n) is 7.12. The summed E-state index contributed by atoms with van der Waals surface area (Å²) in [6, 6.07) is 0. The zero-order chi connectivity index (χ0) is 13.0. The van der Waals surface area contributed by atoms with Crippen molar-refractivity contribution >= 4 is 17.5 Å². The van der Waals surface area contributed by atoms with E-state index in [9.17, 15) is 4.79 Å². The van der Waals surface area contributed by atoms with E-state index in [4.69, 9.17) is 10.5 Å². The van der Waals surface area contributed by atoms with Gasteiger partial charge in [-0.2, -0.15) is 11.8 Å². The third-order valence-electron chi connectivity index (χ3n) is 4.29. The third-order valence-corrected chi connectivity index (χ3v) is 5.51. The van der Waals surface area contributed by atoms with Gasteiger partial charge in [0.25, 0.3) is 0 Å². The Kier molecular flexibility index (Phi) is 5.10. The Morgan fingerprint density at radius 1 is 1.61 bits per heavy atom. The minimum atomic E-state index is 0.0246. The van der Waals surface area contributed by atoms with Gasteiger partial charge in [-0.3, -0.25) is 4.79 Å². The van der Waals surface area contributed by atoms with Crippen molar-refractivity contribution in [2.75, 3.05) is 24.7 Å². The van der Waals surface area contributed by atoms with E-state index in [1.165, 1.54) is 5.75 Å². The molecule has 2 heterocycles. The van der Waals surface area contributed by atoms with Crippen LogP contribution in [0.4, 0.5) is 0 Å². The van der Waals surface area contributed by atoms with Crippen LogP contribution in [0.1, 0.15) is 39.0 Å². The molecule has 2 rings (SSSR count). The zero-order valence-electron chi connectivity index (χ0n) is 11.3. The largest absolute Gasteiger partial charge is 0.374 e. The summed E-state index contributed by atoms with van der Waals surface area (Å²) in [4.78, 5) is 12.4. The molecule has 0 saturated carbocycles. The molecule has 2 aliphatic heterocycles. The summed E-state index contributed by atoms with van der Waals surface area (Å²) >= 11 is 1.96. The van der Waals surface area contributed by atoms with E-state index in [-0.39, 0.29) is 17.4 Å². The molecule has 18 heavy (non-hydrogen) atoms. The van der Waals surface area contributed by atoms with Crippen LogP contribution < -0.4 is 5.73 Å². The highest BCUT2D eigenvalue weighted by Crippen LogP contribution is 2.41. The SMILES string of the molecule is CC(CCCN)C(=O)C1CCOC2(CCSC2)C1. The molecule has 0 amide bonds. The Labute approximate surface area is 114 Å². The fourth-order valence-electron chi connectivity index (χ4n) is 3.10. The van der Waals surface area contributed by atoms with E-state index in [0.717, 1.165) is 44.5 Å². The minimum absolute atomic E-state index is 0.0246. The van der Waals surface area contributed by atoms with E-state index in [1.807, 2.05) is 11.8 Å². The van der Waals surface area contributed by atoms with Crippen molar-refractivity contribution < 1.29 is 9.53 Å². The van der Waals surface area contributed by atoms with Crippen LogP contribution in [-0.2, 0) is 9.53 Å². The molecule has 2 saturated heterocycles. The van der Waals surface area contributed by atoms with Crippen molar-refractivity contribution in [1.82, 2.24) is 0 Å². The zero-order valence-corrected chi connectivity index (χ0v) is 12.1. The summed E-state index contributed by atoms with van der Waals surface area (Å²) in [5, 5.41) is 0. The molecule has 0 aromatic carbocycles. The summed E-state index contributed by atoms with van der Waals surface area (Å²) in [7, 11) is 0. The van der Waals surface area contributed by atoms with Gasteiger partial charge >= 0.3 is 0 Å². The Balaban J connectivity index is 1.89. The van der Waals surface area contributed by atoms with Gasteiger partial charge in [-0.25, -0.2) is 0 Å². The molecule has 2 aliphatic rings. The molecular formula is C14H25NO2S. The van der Waals surface area contributed by atoms with Gasteiger partial charge in [-0.15, -0.1) is 0 Å². The summed E-state index contributed by atoms with van der Waals surface area (Å²) in [5.74, 6) is 3.11. The van der Waals surface area contributed by atoms with Crippen molar-refractivity contribution in [3.63, 3.8) is 0 Å². The van der Waals surface area contributed by atoms with E-state index in [0.29, 0.717) is 12.3 Å². The maximum absolute atomic E-state index is 12.4. The Morgan fingerprint density at radius 3 is 3.11 bits per heavy atom. The molecule has 104 valence electrons. The normalized spacial score (nSPS) is 33.8.